The average molecular weight is 226 g/mol. The number of rotatable bonds is 1. The van der Waals surface area contributed by atoms with E-state index in [0.29, 0.717) is 19.3 Å². The van der Waals surface area contributed by atoms with E-state index in [1.54, 1.807) is 0 Å². The van der Waals surface area contributed by atoms with Gasteiger partial charge in [-0.25, -0.2) is 4.39 Å². The average Bonchev–Trinajstić information content (AvgIpc) is 2.46. The van der Waals surface area contributed by atoms with Gasteiger partial charge in [-0.3, -0.25) is 4.79 Å². The number of ketones is 1. The van der Waals surface area contributed by atoms with Crippen LogP contribution in [0.5, 0.6) is 5.75 Å². The topological polar surface area (TPSA) is 26.3 Å². The van der Waals surface area contributed by atoms with Gasteiger partial charge in [0, 0.05) is 17.5 Å². The third-order valence-corrected chi connectivity index (χ3v) is 2.88. The van der Waals surface area contributed by atoms with Gasteiger partial charge in [-0.1, -0.05) is 0 Å². The Bertz CT molecular complexity index is 441. The van der Waals surface area contributed by atoms with E-state index in [-0.39, 0.29) is 22.7 Å². The highest BCUT2D eigenvalue weighted by atomic mass is 19.2. The number of carbonyl (C=O) groups is 1. The monoisotopic (exact) mass is 226 g/mol. The summed E-state index contributed by atoms with van der Waals surface area (Å²) in [6.45, 7) is 0. The van der Waals surface area contributed by atoms with Gasteiger partial charge in [-0.05, 0) is 25.3 Å². The first-order valence-electron chi connectivity index (χ1n) is 5.23. The molecular weight excluding hydrogens is 214 g/mol. The van der Waals surface area contributed by atoms with Gasteiger partial charge in [-0.15, -0.1) is 0 Å². The van der Waals surface area contributed by atoms with Crippen LogP contribution in [0.2, 0.25) is 0 Å². The lowest BCUT2D eigenvalue weighted by molar-refractivity contribution is 0.0981. The van der Waals surface area contributed by atoms with Gasteiger partial charge in [0.05, 0.1) is 7.11 Å². The maximum atomic E-state index is 13.7. The molecular formula is C12H12F2O2. The van der Waals surface area contributed by atoms with Crippen LogP contribution in [0.15, 0.2) is 6.07 Å². The predicted molar refractivity (Wildman–Crippen MR) is 54.8 cm³/mol. The third-order valence-electron chi connectivity index (χ3n) is 2.88. The molecule has 0 bridgehead atoms. The minimum absolute atomic E-state index is 0.135. The van der Waals surface area contributed by atoms with Crippen molar-refractivity contribution in [3.8, 4) is 5.75 Å². The molecule has 4 heteroatoms. The molecule has 86 valence electrons. The number of methoxy groups -OCH3 is 1. The van der Waals surface area contributed by atoms with E-state index in [1.165, 1.54) is 13.2 Å². The Kier molecular flexibility index (Phi) is 2.90. The van der Waals surface area contributed by atoms with E-state index in [9.17, 15) is 13.6 Å². The normalized spacial score (nSPS) is 15.6. The SMILES string of the molecule is COc1cc2c(c(F)c1F)CCCCC2=O. The van der Waals surface area contributed by atoms with Crippen LogP contribution in [-0.4, -0.2) is 12.9 Å². The Labute approximate surface area is 92.2 Å². The summed E-state index contributed by atoms with van der Waals surface area (Å²) >= 11 is 0. The van der Waals surface area contributed by atoms with Crippen molar-refractivity contribution in [3.63, 3.8) is 0 Å². The van der Waals surface area contributed by atoms with Crippen molar-refractivity contribution in [1.82, 2.24) is 0 Å². The van der Waals surface area contributed by atoms with Crippen LogP contribution < -0.4 is 4.74 Å². The number of ether oxygens (including phenoxy) is 1. The van der Waals surface area contributed by atoms with E-state index in [4.69, 9.17) is 4.74 Å². The molecule has 1 aromatic carbocycles. The van der Waals surface area contributed by atoms with Crippen LogP contribution >= 0.6 is 0 Å². The number of hydrogen-bond acceptors (Lipinski definition) is 2. The summed E-state index contributed by atoms with van der Waals surface area (Å²) in [4.78, 5) is 11.7. The van der Waals surface area contributed by atoms with Crippen LogP contribution in [0.4, 0.5) is 8.78 Å². The lowest BCUT2D eigenvalue weighted by Gasteiger charge is -2.10. The summed E-state index contributed by atoms with van der Waals surface area (Å²) in [6.07, 6.45) is 2.23. The van der Waals surface area contributed by atoms with Crippen LogP contribution in [0.3, 0.4) is 0 Å². The second kappa shape index (κ2) is 4.20. The Balaban J connectivity index is 2.63. The first-order chi connectivity index (χ1) is 7.65. The molecule has 0 aliphatic heterocycles. The molecule has 0 heterocycles. The Hall–Kier alpha value is -1.45. The maximum absolute atomic E-state index is 13.7. The maximum Gasteiger partial charge on any atom is 0.200 e. The van der Waals surface area contributed by atoms with Crippen LogP contribution in [0.25, 0.3) is 0 Å². The Morgan fingerprint density at radius 3 is 2.56 bits per heavy atom. The van der Waals surface area contributed by atoms with Gasteiger partial charge in [-0.2, -0.15) is 4.39 Å². The molecule has 1 aliphatic carbocycles. The standard InChI is InChI=1S/C12H12F2O2/c1-16-10-6-8-7(11(13)12(10)14)4-2-3-5-9(8)15/h6H,2-5H2,1H3. The molecule has 0 saturated carbocycles. The summed E-state index contributed by atoms with van der Waals surface area (Å²) in [5.74, 6) is -2.28. The van der Waals surface area contributed by atoms with Crippen molar-refractivity contribution in [3.05, 3.63) is 28.8 Å². The number of hydrogen-bond donors (Lipinski definition) is 0. The summed E-state index contributed by atoms with van der Waals surface area (Å²) < 4.78 is 31.8. The highest BCUT2D eigenvalue weighted by Crippen LogP contribution is 2.30. The highest BCUT2D eigenvalue weighted by Gasteiger charge is 2.24. The molecule has 16 heavy (non-hydrogen) atoms. The van der Waals surface area contributed by atoms with Crippen molar-refractivity contribution < 1.29 is 18.3 Å². The van der Waals surface area contributed by atoms with Gasteiger partial charge >= 0.3 is 0 Å². The number of carbonyl (C=O) groups excluding carboxylic acids is 1. The zero-order chi connectivity index (χ0) is 11.7. The summed E-state index contributed by atoms with van der Waals surface area (Å²) in [5.41, 5.74) is 0.467. The van der Waals surface area contributed by atoms with E-state index >= 15 is 0 Å². The molecule has 0 radical (unpaired) electrons. The second-order valence-electron chi connectivity index (χ2n) is 3.86. The fourth-order valence-corrected chi connectivity index (χ4v) is 2.00. The lowest BCUT2D eigenvalue weighted by atomic mass is 10.0. The molecule has 2 nitrogen and oxygen atoms in total. The molecule has 0 fully saturated rings. The van der Waals surface area contributed by atoms with Crippen LogP contribution in [-0.2, 0) is 6.42 Å². The molecule has 1 aromatic rings. The number of benzene rings is 1. The van der Waals surface area contributed by atoms with Gasteiger partial charge in [0.25, 0.3) is 0 Å². The summed E-state index contributed by atoms with van der Waals surface area (Å²) in [7, 11) is 1.26. The summed E-state index contributed by atoms with van der Waals surface area (Å²) in [5, 5.41) is 0. The number of Topliss-reactive ketones (excluding diaryl/α,β-unsaturated/α-hetero) is 1. The first-order valence-corrected chi connectivity index (χ1v) is 5.23. The van der Waals surface area contributed by atoms with E-state index in [1.807, 2.05) is 0 Å². The minimum Gasteiger partial charge on any atom is -0.494 e. The van der Waals surface area contributed by atoms with Crippen molar-refractivity contribution >= 4 is 5.78 Å². The van der Waals surface area contributed by atoms with Gasteiger partial charge in [0.15, 0.2) is 17.3 Å². The molecule has 0 unspecified atom stereocenters. The molecule has 0 spiro atoms. The molecule has 2 rings (SSSR count). The van der Waals surface area contributed by atoms with Crippen molar-refractivity contribution in [2.24, 2.45) is 0 Å². The van der Waals surface area contributed by atoms with Gasteiger partial charge < -0.3 is 4.74 Å². The van der Waals surface area contributed by atoms with Crippen LogP contribution in [0.1, 0.15) is 35.2 Å². The van der Waals surface area contributed by atoms with E-state index in [2.05, 4.69) is 0 Å². The molecule has 0 N–H and O–H groups in total. The zero-order valence-corrected chi connectivity index (χ0v) is 8.98. The Morgan fingerprint density at radius 1 is 1.19 bits per heavy atom. The fraction of sp³-hybridized carbons (Fsp3) is 0.417. The van der Waals surface area contributed by atoms with Crippen molar-refractivity contribution in [2.75, 3.05) is 7.11 Å². The molecule has 0 saturated heterocycles. The van der Waals surface area contributed by atoms with Crippen molar-refractivity contribution in [1.29, 1.82) is 0 Å². The van der Waals surface area contributed by atoms with Crippen molar-refractivity contribution in [2.45, 2.75) is 25.7 Å². The smallest absolute Gasteiger partial charge is 0.200 e. The molecule has 0 atom stereocenters. The van der Waals surface area contributed by atoms with E-state index < -0.39 is 11.6 Å². The zero-order valence-electron chi connectivity index (χ0n) is 8.98. The van der Waals surface area contributed by atoms with Crippen LogP contribution in [0, 0.1) is 11.6 Å². The molecule has 0 amide bonds. The predicted octanol–water partition coefficient (Wildman–Crippen LogP) is 2.88. The second-order valence-corrected chi connectivity index (χ2v) is 3.86. The van der Waals surface area contributed by atoms with Gasteiger partial charge in [0.1, 0.15) is 0 Å². The van der Waals surface area contributed by atoms with E-state index in [0.717, 1.165) is 6.42 Å². The third kappa shape index (κ3) is 1.68. The largest absolute Gasteiger partial charge is 0.494 e. The minimum atomic E-state index is -1.00. The first kappa shape index (κ1) is 11.0. The fourth-order valence-electron chi connectivity index (χ4n) is 2.00. The Morgan fingerprint density at radius 2 is 1.88 bits per heavy atom. The molecule has 0 aromatic heterocycles. The highest BCUT2D eigenvalue weighted by molar-refractivity contribution is 5.98. The number of halogens is 2. The summed E-state index contributed by atoms with van der Waals surface area (Å²) in [6, 6.07) is 1.31. The lowest BCUT2D eigenvalue weighted by Crippen LogP contribution is -2.06. The molecule has 1 aliphatic rings. The quantitative estimate of drug-likeness (QED) is 0.688. The van der Waals surface area contributed by atoms with Gasteiger partial charge in [0.2, 0.25) is 5.82 Å². The number of fused-ring (bicyclic) bond motifs is 1.